The molecule has 2 heterocycles. The van der Waals surface area contributed by atoms with Gasteiger partial charge in [0.15, 0.2) is 0 Å². The molecule has 41 heavy (non-hydrogen) atoms. The van der Waals surface area contributed by atoms with E-state index >= 15 is 0 Å². The Bertz CT molecular complexity index is 1770. The molecule has 0 fully saturated rings. The van der Waals surface area contributed by atoms with Crippen LogP contribution in [0.25, 0.3) is 21.5 Å². The lowest BCUT2D eigenvalue weighted by Gasteiger charge is -2.29. The predicted molar refractivity (Wildman–Crippen MR) is 158 cm³/mol. The second-order valence-corrected chi connectivity index (χ2v) is 11.5. The number of rotatable bonds is 8. The first kappa shape index (κ1) is 25.6. The van der Waals surface area contributed by atoms with Gasteiger partial charge in [-0.15, -0.1) is 0 Å². The van der Waals surface area contributed by atoms with Crippen LogP contribution in [-0.2, 0) is 12.8 Å². The standard InChI is InChI=1S/C34H31N3O4/c1-20-8-9-21-6-3-7-24-29(21)27(20)34(41)37(31(24)38)19-5-17-35(2)16-4-18-36-32(39)25-14-12-22-10-11-23-13-15-26(33(36)40)30(25)28(22)23/h3,6-9,12-15H,4-5,10-11,16-19H2,1-2H3. The van der Waals surface area contributed by atoms with Crippen LogP contribution < -0.4 is 0 Å². The Morgan fingerprint density at radius 2 is 1.20 bits per heavy atom. The highest BCUT2D eigenvalue weighted by molar-refractivity contribution is 6.27. The van der Waals surface area contributed by atoms with Crippen molar-refractivity contribution in [2.45, 2.75) is 32.6 Å². The first-order valence-corrected chi connectivity index (χ1v) is 14.4. The highest BCUT2D eigenvalue weighted by atomic mass is 16.2. The van der Waals surface area contributed by atoms with Crippen LogP contribution in [0, 0.1) is 6.92 Å². The minimum atomic E-state index is -0.242. The fourth-order valence-electron chi connectivity index (χ4n) is 6.89. The molecule has 3 aliphatic rings. The van der Waals surface area contributed by atoms with E-state index in [0.717, 1.165) is 39.9 Å². The Kier molecular flexibility index (Phi) is 6.01. The lowest BCUT2D eigenvalue weighted by atomic mass is 9.91. The van der Waals surface area contributed by atoms with Crippen LogP contribution in [0.5, 0.6) is 0 Å². The van der Waals surface area contributed by atoms with Gasteiger partial charge in [-0.2, -0.15) is 0 Å². The van der Waals surface area contributed by atoms with Crippen LogP contribution in [0.2, 0.25) is 0 Å². The Labute approximate surface area is 238 Å². The fourth-order valence-corrected chi connectivity index (χ4v) is 6.89. The van der Waals surface area contributed by atoms with Crippen molar-refractivity contribution in [2.24, 2.45) is 0 Å². The first-order valence-electron chi connectivity index (χ1n) is 14.4. The molecule has 1 aliphatic carbocycles. The Balaban J connectivity index is 0.969. The van der Waals surface area contributed by atoms with Crippen molar-refractivity contribution in [3.63, 3.8) is 0 Å². The maximum atomic E-state index is 13.3. The summed E-state index contributed by atoms with van der Waals surface area (Å²) in [5, 5.41) is 3.59. The van der Waals surface area contributed by atoms with Gasteiger partial charge in [-0.1, -0.05) is 36.4 Å². The molecule has 0 saturated heterocycles. The minimum absolute atomic E-state index is 0.214. The minimum Gasteiger partial charge on any atom is -0.306 e. The molecule has 0 atom stereocenters. The second-order valence-electron chi connectivity index (χ2n) is 11.5. The van der Waals surface area contributed by atoms with Crippen LogP contribution in [0.4, 0.5) is 0 Å². The number of carbonyl (C=O) groups is 4. The summed E-state index contributed by atoms with van der Waals surface area (Å²) in [6, 6.07) is 17.3. The zero-order chi connectivity index (χ0) is 28.4. The molecule has 0 radical (unpaired) electrons. The van der Waals surface area contributed by atoms with E-state index in [9.17, 15) is 19.2 Å². The highest BCUT2D eigenvalue weighted by Gasteiger charge is 2.35. The third-order valence-electron chi connectivity index (χ3n) is 8.98. The van der Waals surface area contributed by atoms with Crippen LogP contribution in [-0.4, -0.2) is 71.6 Å². The number of imide groups is 2. The van der Waals surface area contributed by atoms with Crippen molar-refractivity contribution in [1.29, 1.82) is 0 Å². The van der Waals surface area contributed by atoms with Crippen molar-refractivity contribution in [2.75, 3.05) is 33.2 Å². The van der Waals surface area contributed by atoms with Gasteiger partial charge in [-0.05, 0) is 98.4 Å². The lowest BCUT2D eigenvalue weighted by Crippen LogP contribution is -2.42. The van der Waals surface area contributed by atoms with Gasteiger partial charge in [0.1, 0.15) is 0 Å². The van der Waals surface area contributed by atoms with Gasteiger partial charge in [-0.3, -0.25) is 29.0 Å². The maximum Gasteiger partial charge on any atom is 0.261 e. The number of amides is 4. The maximum absolute atomic E-state index is 13.3. The molecular formula is C34H31N3O4. The van der Waals surface area contributed by atoms with Gasteiger partial charge < -0.3 is 4.90 Å². The summed E-state index contributed by atoms with van der Waals surface area (Å²) < 4.78 is 0. The van der Waals surface area contributed by atoms with E-state index in [-0.39, 0.29) is 23.6 Å². The van der Waals surface area contributed by atoms with Crippen molar-refractivity contribution in [3.8, 4) is 0 Å². The molecular weight excluding hydrogens is 514 g/mol. The number of hydrogen-bond donors (Lipinski definition) is 0. The van der Waals surface area contributed by atoms with Crippen LogP contribution >= 0.6 is 0 Å². The van der Waals surface area contributed by atoms with Crippen molar-refractivity contribution in [3.05, 3.63) is 93.5 Å². The summed E-state index contributed by atoms with van der Waals surface area (Å²) in [6.45, 7) is 3.94. The van der Waals surface area contributed by atoms with Crippen molar-refractivity contribution >= 4 is 45.2 Å². The molecule has 0 saturated carbocycles. The Hall–Kier alpha value is -4.36. The monoisotopic (exact) mass is 545 g/mol. The number of aryl methyl sites for hydroxylation is 3. The number of nitrogens with zero attached hydrogens (tertiary/aromatic N) is 3. The topological polar surface area (TPSA) is 78.0 Å². The summed E-state index contributed by atoms with van der Waals surface area (Å²) in [4.78, 5) is 58.1. The average molecular weight is 546 g/mol. The van der Waals surface area contributed by atoms with Gasteiger partial charge in [0, 0.05) is 40.6 Å². The molecule has 7 heteroatoms. The second kappa shape index (κ2) is 9.63. The number of hydrogen-bond acceptors (Lipinski definition) is 5. The SMILES string of the molecule is Cc1ccc2cccc3c2c1C(=O)N(CCCN(C)CCCN1C(=O)c2ccc4c5c(ccc(c25)C1=O)CC4)C3=O. The molecule has 2 aliphatic heterocycles. The van der Waals surface area contributed by atoms with Crippen LogP contribution in [0.15, 0.2) is 54.6 Å². The van der Waals surface area contributed by atoms with Gasteiger partial charge in [0.2, 0.25) is 0 Å². The summed E-state index contributed by atoms with van der Waals surface area (Å²) in [5.74, 6) is -0.901. The molecule has 4 aromatic carbocycles. The van der Waals surface area contributed by atoms with Crippen molar-refractivity contribution < 1.29 is 19.2 Å². The summed E-state index contributed by atoms with van der Waals surface area (Å²) in [5.41, 5.74) is 5.77. The Morgan fingerprint density at radius 3 is 1.80 bits per heavy atom. The molecule has 0 unspecified atom stereocenters. The largest absolute Gasteiger partial charge is 0.306 e. The normalized spacial score (nSPS) is 15.8. The quantitative estimate of drug-likeness (QED) is 0.291. The van der Waals surface area contributed by atoms with Gasteiger partial charge in [-0.25, -0.2) is 0 Å². The zero-order valence-corrected chi connectivity index (χ0v) is 23.3. The summed E-state index contributed by atoms with van der Waals surface area (Å²) in [7, 11) is 1.98. The van der Waals surface area contributed by atoms with Gasteiger partial charge in [0.05, 0.1) is 5.56 Å². The van der Waals surface area contributed by atoms with E-state index in [1.807, 2.05) is 62.5 Å². The molecule has 0 spiro atoms. The lowest BCUT2D eigenvalue weighted by molar-refractivity contribution is 0.0596. The molecule has 4 aromatic rings. The average Bonchev–Trinajstić information content (AvgIpc) is 3.40. The van der Waals surface area contributed by atoms with Crippen LogP contribution in [0.1, 0.15) is 71.0 Å². The number of benzene rings is 4. The molecule has 4 amide bonds. The number of carbonyl (C=O) groups excluding carboxylic acids is 4. The predicted octanol–water partition coefficient (Wildman–Crippen LogP) is 5.00. The zero-order valence-electron chi connectivity index (χ0n) is 23.3. The fraction of sp³-hybridized carbons (Fsp3) is 0.294. The Morgan fingerprint density at radius 1 is 0.634 bits per heavy atom. The van der Waals surface area contributed by atoms with E-state index in [1.165, 1.54) is 20.9 Å². The third kappa shape index (κ3) is 3.90. The smallest absolute Gasteiger partial charge is 0.261 e. The van der Waals surface area contributed by atoms with Crippen LogP contribution in [0.3, 0.4) is 0 Å². The molecule has 206 valence electrons. The van der Waals surface area contributed by atoms with E-state index in [4.69, 9.17) is 0 Å². The van der Waals surface area contributed by atoms with Crippen molar-refractivity contribution in [1.82, 2.24) is 14.7 Å². The molecule has 0 aromatic heterocycles. The van der Waals surface area contributed by atoms with E-state index in [1.54, 1.807) is 6.07 Å². The first-order chi connectivity index (χ1) is 19.8. The molecule has 0 N–H and O–H groups in total. The molecule has 7 nitrogen and oxygen atoms in total. The van der Waals surface area contributed by atoms with Gasteiger partial charge >= 0.3 is 0 Å². The van der Waals surface area contributed by atoms with Gasteiger partial charge in [0.25, 0.3) is 23.6 Å². The van der Waals surface area contributed by atoms with E-state index in [0.29, 0.717) is 61.3 Å². The summed E-state index contributed by atoms with van der Waals surface area (Å²) in [6.07, 6.45) is 3.18. The summed E-state index contributed by atoms with van der Waals surface area (Å²) >= 11 is 0. The third-order valence-corrected chi connectivity index (χ3v) is 8.98. The molecule has 0 bridgehead atoms. The molecule has 7 rings (SSSR count). The van der Waals surface area contributed by atoms with E-state index < -0.39 is 0 Å². The highest BCUT2D eigenvalue weighted by Crippen LogP contribution is 2.38. The van der Waals surface area contributed by atoms with E-state index in [2.05, 4.69) is 4.90 Å².